The summed E-state index contributed by atoms with van der Waals surface area (Å²) in [6.07, 6.45) is -3.31. The van der Waals surface area contributed by atoms with E-state index in [9.17, 15) is 19.2 Å². The highest BCUT2D eigenvalue weighted by atomic mass is 16.7. The summed E-state index contributed by atoms with van der Waals surface area (Å²) in [5.41, 5.74) is 0. The Bertz CT molecular complexity index is 342. The Balaban J connectivity index is 0. The van der Waals surface area contributed by atoms with Crippen molar-refractivity contribution >= 4 is 24.4 Å². The van der Waals surface area contributed by atoms with Gasteiger partial charge in [-0.15, -0.1) is 0 Å². The molecule has 0 bridgehead atoms. The van der Waals surface area contributed by atoms with Crippen LogP contribution in [0.15, 0.2) is 0 Å². The molecule has 0 spiro atoms. The maximum Gasteiger partial charge on any atom is 0.411 e. The maximum atomic E-state index is 11.0. The van der Waals surface area contributed by atoms with Crippen molar-refractivity contribution in [2.24, 2.45) is 0 Å². The zero-order chi connectivity index (χ0) is 16.1. The lowest BCUT2D eigenvalue weighted by molar-refractivity contribution is 0.0242. The van der Waals surface area contributed by atoms with Crippen molar-refractivity contribution in [2.75, 3.05) is 34.3 Å². The van der Waals surface area contributed by atoms with Crippen LogP contribution in [0, 0.1) is 0 Å². The molecular formula is C10H20N4O8. The first-order valence-corrected chi connectivity index (χ1v) is 5.44. The van der Waals surface area contributed by atoms with Crippen LogP contribution in [-0.4, -0.2) is 58.7 Å². The summed E-state index contributed by atoms with van der Waals surface area (Å²) >= 11 is 0. The van der Waals surface area contributed by atoms with E-state index >= 15 is 0 Å². The molecule has 0 aliphatic carbocycles. The second kappa shape index (κ2) is 13.1. The fourth-order valence-corrected chi connectivity index (χ4v) is 0.760. The fourth-order valence-electron chi connectivity index (χ4n) is 0.760. The minimum Gasteiger partial charge on any atom is -0.453 e. The first kappa shape index (κ1) is 21.4. The van der Waals surface area contributed by atoms with Gasteiger partial charge in [0.05, 0.1) is 27.6 Å². The van der Waals surface area contributed by atoms with E-state index in [4.69, 9.17) is 0 Å². The molecule has 0 atom stereocenters. The number of rotatable bonds is 6. The van der Waals surface area contributed by atoms with E-state index in [0.29, 0.717) is 0 Å². The van der Waals surface area contributed by atoms with E-state index in [1.54, 1.807) is 0 Å². The molecule has 0 saturated carbocycles. The summed E-state index contributed by atoms with van der Waals surface area (Å²) in [6, 6.07) is 0. The molecule has 4 amide bonds. The molecule has 0 aliphatic heterocycles. The van der Waals surface area contributed by atoms with Crippen LogP contribution in [0.4, 0.5) is 19.2 Å². The van der Waals surface area contributed by atoms with Crippen LogP contribution in [0.2, 0.25) is 0 Å². The third-order valence-electron chi connectivity index (χ3n) is 1.68. The summed E-state index contributed by atoms with van der Waals surface area (Å²) in [5, 5.41) is 8.58. The SMILES string of the molecule is C.COC(=O)NCNC(=O)OCOC(=O)NCNC(=O)OC. The van der Waals surface area contributed by atoms with Gasteiger partial charge in [0.2, 0.25) is 6.79 Å². The van der Waals surface area contributed by atoms with E-state index in [0.717, 1.165) is 14.2 Å². The van der Waals surface area contributed by atoms with E-state index in [1.807, 2.05) is 0 Å². The summed E-state index contributed by atoms with van der Waals surface area (Å²) in [7, 11) is 2.32. The average Bonchev–Trinajstić information content (AvgIpc) is 2.46. The van der Waals surface area contributed by atoms with Crippen LogP contribution in [0.25, 0.3) is 0 Å². The van der Waals surface area contributed by atoms with Gasteiger partial charge in [0.1, 0.15) is 0 Å². The van der Waals surface area contributed by atoms with Crippen molar-refractivity contribution in [1.82, 2.24) is 21.3 Å². The quantitative estimate of drug-likeness (QED) is 0.382. The van der Waals surface area contributed by atoms with Gasteiger partial charge in [-0.2, -0.15) is 0 Å². The van der Waals surface area contributed by atoms with E-state index < -0.39 is 31.2 Å². The van der Waals surface area contributed by atoms with E-state index in [2.05, 4.69) is 40.2 Å². The molecule has 4 N–H and O–H groups in total. The monoisotopic (exact) mass is 324 g/mol. The Hall–Kier alpha value is -2.92. The zero-order valence-electron chi connectivity index (χ0n) is 11.4. The zero-order valence-corrected chi connectivity index (χ0v) is 11.4. The topological polar surface area (TPSA) is 153 Å². The number of alkyl carbamates (subject to hydrolysis) is 4. The van der Waals surface area contributed by atoms with Gasteiger partial charge in [-0.05, 0) is 0 Å². The van der Waals surface area contributed by atoms with Gasteiger partial charge < -0.3 is 40.2 Å². The Kier molecular flexibility index (Phi) is 12.7. The molecule has 0 unspecified atom stereocenters. The normalized spacial score (nSPS) is 8.45. The molecule has 12 nitrogen and oxygen atoms in total. The lowest BCUT2D eigenvalue weighted by Gasteiger charge is -2.09. The Morgan fingerprint density at radius 2 is 1.00 bits per heavy atom. The average molecular weight is 324 g/mol. The summed E-state index contributed by atoms with van der Waals surface area (Å²) in [4.78, 5) is 43.3. The molecule has 0 radical (unpaired) electrons. The smallest absolute Gasteiger partial charge is 0.411 e. The largest absolute Gasteiger partial charge is 0.453 e. The van der Waals surface area contributed by atoms with Gasteiger partial charge >= 0.3 is 24.4 Å². The highest BCUT2D eigenvalue weighted by Crippen LogP contribution is 1.82. The third-order valence-corrected chi connectivity index (χ3v) is 1.68. The number of hydrogen-bond acceptors (Lipinski definition) is 8. The predicted octanol–water partition coefficient (Wildman–Crippen LogP) is -0.341. The molecule has 0 fully saturated rings. The molecular weight excluding hydrogens is 304 g/mol. The number of hydrogen-bond donors (Lipinski definition) is 4. The van der Waals surface area contributed by atoms with Crippen LogP contribution in [0.1, 0.15) is 7.43 Å². The maximum absolute atomic E-state index is 11.0. The molecule has 0 aromatic rings. The molecule has 0 aliphatic rings. The highest BCUT2D eigenvalue weighted by Gasteiger charge is 2.06. The standard InChI is InChI=1S/C9H16N4O8.CH4/c1-18-6(14)10-3-12-8(16)20-5-21-9(17)13-4-11-7(15)19-2;/h3-5H2,1-2H3,(H,10,14)(H,11,15)(H,12,16)(H,13,17);1H4. The van der Waals surface area contributed by atoms with Gasteiger partial charge in [-0.3, -0.25) is 0 Å². The van der Waals surface area contributed by atoms with Crippen LogP contribution >= 0.6 is 0 Å². The molecule has 0 rings (SSSR count). The minimum atomic E-state index is -0.924. The molecule has 0 heterocycles. The lowest BCUT2D eigenvalue weighted by Crippen LogP contribution is -2.39. The van der Waals surface area contributed by atoms with Gasteiger partial charge in [0.25, 0.3) is 0 Å². The predicted molar refractivity (Wildman–Crippen MR) is 71.6 cm³/mol. The highest BCUT2D eigenvalue weighted by molar-refractivity contribution is 5.71. The van der Waals surface area contributed by atoms with Gasteiger partial charge in [0.15, 0.2) is 0 Å². The van der Waals surface area contributed by atoms with Crippen molar-refractivity contribution < 1.29 is 38.1 Å². The first-order chi connectivity index (χ1) is 9.99. The number of carbonyl (C=O) groups excluding carboxylic acids is 4. The third kappa shape index (κ3) is 12.1. The molecule has 0 aromatic carbocycles. The number of ether oxygens (including phenoxy) is 4. The number of nitrogens with one attached hydrogen (secondary N) is 4. The van der Waals surface area contributed by atoms with Crippen molar-refractivity contribution in [1.29, 1.82) is 0 Å². The second-order valence-electron chi connectivity index (χ2n) is 3.03. The summed E-state index contributed by atoms with van der Waals surface area (Å²) in [6.45, 7) is -1.10. The second-order valence-corrected chi connectivity index (χ2v) is 3.03. The van der Waals surface area contributed by atoms with Crippen molar-refractivity contribution in [2.45, 2.75) is 7.43 Å². The number of carbonyl (C=O) groups is 4. The summed E-state index contributed by atoms with van der Waals surface area (Å²) < 4.78 is 17.4. The van der Waals surface area contributed by atoms with E-state index in [1.165, 1.54) is 0 Å². The lowest BCUT2D eigenvalue weighted by atomic mass is 10.9. The number of methoxy groups -OCH3 is 2. The number of amides is 4. The van der Waals surface area contributed by atoms with Crippen LogP contribution < -0.4 is 21.3 Å². The molecule has 12 heteroatoms. The van der Waals surface area contributed by atoms with Crippen molar-refractivity contribution in [3.05, 3.63) is 0 Å². The Morgan fingerprint density at radius 1 is 0.682 bits per heavy atom. The minimum absolute atomic E-state index is 0. The molecule has 128 valence electrons. The Labute approximate surface area is 126 Å². The van der Waals surface area contributed by atoms with Crippen LogP contribution in [0.3, 0.4) is 0 Å². The van der Waals surface area contributed by atoms with Crippen LogP contribution in [0.5, 0.6) is 0 Å². The van der Waals surface area contributed by atoms with Crippen molar-refractivity contribution in [3.63, 3.8) is 0 Å². The fraction of sp³-hybridized carbons (Fsp3) is 0.600. The molecule has 0 aromatic heterocycles. The van der Waals surface area contributed by atoms with Crippen molar-refractivity contribution in [3.8, 4) is 0 Å². The van der Waals surface area contributed by atoms with E-state index in [-0.39, 0.29) is 20.8 Å². The van der Waals surface area contributed by atoms with Crippen LogP contribution in [-0.2, 0) is 18.9 Å². The Morgan fingerprint density at radius 3 is 1.32 bits per heavy atom. The van der Waals surface area contributed by atoms with Gasteiger partial charge in [0, 0.05) is 0 Å². The molecule has 0 saturated heterocycles. The van der Waals surface area contributed by atoms with Gasteiger partial charge in [-0.25, -0.2) is 19.2 Å². The molecule has 22 heavy (non-hydrogen) atoms. The van der Waals surface area contributed by atoms with Gasteiger partial charge in [-0.1, -0.05) is 7.43 Å². The summed E-state index contributed by atoms with van der Waals surface area (Å²) in [5.74, 6) is 0. The first-order valence-electron chi connectivity index (χ1n) is 5.44.